The van der Waals surface area contributed by atoms with Gasteiger partial charge in [-0.3, -0.25) is 14.4 Å². The van der Waals surface area contributed by atoms with E-state index in [4.69, 9.17) is 9.47 Å². The first-order valence-corrected chi connectivity index (χ1v) is 13.6. The summed E-state index contributed by atoms with van der Waals surface area (Å²) in [5.41, 5.74) is -0.127. The number of alkyl halides is 1. The normalized spacial score (nSPS) is 30.4. The number of likely N-dealkylation sites (tertiary alicyclic amines) is 1. The molecule has 36 heavy (non-hydrogen) atoms. The van der Waals surface area contributed by atoms with Crippen LogP contribution in [0.1, 0.15) is 38.2 Å². The van der Waals surface area contributed by atoms with Crippen LogP contribution < -0.4 is 0 Å². The maximum absolute atomic E-state index is 14.3. The van der Waals surface area contributed by atoms with Crippen molar-refractivity contribution >= 4 is 33.7 Å². The smallest absolute Gasteiger partial charge is 0.312 e. The molecule has 1 unspecified atom stereocenters. The Labute approximate surface area is 220 Å². The summed E-state index contributed by atoms with van der Waals surface area (Å²) in [5, 5.41) is 9.19. The summed E-state index contributed by atoms with van der Waals surface area (Å²) in [5.74, 6) is -2.40. The number of halogens is 1. The highest BCUT2D eigenvalue weighted by atomic mass is 79.9. The van der Waals surface area contributed by atoms with E-state index in [2.05, 4.69) is 22.5 Å². The molecule has 0 radical (unpaired) electrons. The summed E-state index contributed by atoms with van der Waals surface area (Å²) in [7, 11) is 0. The van der Waals surface area contributed by atoms with E-state index in [0.29, 0.717) is 38.9 Å². The molecule has 0 aliphatic carbocycles. The van der Waals surface area contributed by atoms with E-state index in [1.165, 1.54) is 0 Å². The molecule has 9 heteroatoms. The predicted molar refractivity (Wildman–Crippen MR) is 137 cm³/mol. The molecule has 3 aliphatic rings. The number of esters is 1. The molecule has 196 valence electrons. The van der Waals surface area contributed by atoms with Gasteiger partial charge in [-0.05, 0) is 38.2 Å². The highest BCUT2D eigenvalue weighted by molar-refractivity contribution is 9.09. The maximum atomic E-state index is 14.3. The van der Waals surface area contributed by atoms with Crippen LogP contribution in [0.15, 0.2) is 43.0 Å². The van der Waals surface area contributed by atoms with Crippen molar-refractivity contribution in [3.63, 3.8) is 0 Å². The molecular formula is C27H35BrN2O6. The van der Waals surface area contributed by atoms with Crippen LogP contribution in [0.25, 0.3) is 0 Å². The van der Waals surface area contributed by atoms with Gasteiger partial charge in [0, 0.05) is 31.1 Å². The van der Waals surface area contributed by atoms with E-state index in [1.807, 2.05) is 30.3 Å². The number of carbonyl (C=O) groups is 3. The van der Waals surface area contributed by atoms with E-state index >= 15 is 0 Å². The number of benzene rings is 1. The van der Waals surface area contributed by atoms with Gasteiger partial charge < -0.3 is 24.4 Å². The lowest BCUT2D eigenvalue weighted by Crippen LogP contribution is -2.56. The molecule has 2 bridgehead atoms. The number of hydrogen-bond acceptors (Lipinski definition) is 6. The molecular weight excluding hydrogens is 528 g/mol. The van der Waals surface area contributed by atoms with E-state index in [1.54, 1.807) is 22.8 Å². The van der Waals surface area contributed by atoms with E-state index in [9.17, 15) is 19.5 Å². The first kappa shape index (κ1) is 26.8. The van der Waals surface area contributed by atoms with Crippen LogP contribution >= 0.6 is 15.9 Å². The molecule has 3 heterocycles. The third-order valence-corrected chi connectivity index (χ3v) is 8.36. The Kier molecular flexibility index (Phi) is 8.52. The number of ether oxygens (including phenoxy) is 2. The van der Waals surface area contributed by atoms with Crippen molar-refractivity contribution in [2.45, 2.75) is 61.7 Å². The minimum Gasteiger partial charge on any atom is -0.466 e. The van der Waals surface area contributed by atoms with Gasteiger partial charge in [-0.2, -0.15) is 0 Å². The molecule has 1 aromatic rings. The Morgan fingerprint density at radius 1 is 1.31 bits per heavy atom. The second-order valence-electron chi connectivity index (χ2n) is 9.72. The van der Waals surface area contributed by atoms with Crippen molar-refractivity contribution in [3.05, 3.63) is 48.6 Å². The fourth-order valence-corrected chi connectivity index (χ4v) is 7.04. The minimum absolute atomic E-state index is 0.0774. The van der Waals surface area contributed by atoms with Gasteiger partial charge in [0.2, 0.25) is 11.8 Å². The Morgan fingerprint density at radius 2 is 2.06 bits per heavy atom. The summed E-state index contributed by atoms with van der Waals surface area (Å²) < 4.78 is 11.8. The van der Waals surface area contributed by atoms with Crippen molar-refractivity contribution < 1.29 is 29.0 Å². The average molecular weight is 563 g/mol. The Morgan fingerprint density at radius 3 is 2.72 bits per heavy atom. The number of hydrogen-bond donors (Lipinski definition) is 1. The molecule has 6 atom stereocenters. The van der Waals surface area contributed by atoms with E-state index in [-0.39, 0.29) is 29.9 Å². The fraction of sp³-hybridized carbons (Fsp3) is 0.593. The first-order valence-electron chi connectivity index (χ1n) is 12.7. The number of unbranched alkanes of at least 4 members (excludes halogenated alkanes) is 2. The molecule has 1 aromatic carbocycles. The molecule has 3 aliphatic heterocycles. The van der Waals surface area contributed by atoms with E-state index < -0.39 is 35.6 Å². The number of aliphatic hydroxyl groups is 1. The summed E-state index contributed by atoms with van der Waals surface area (Å²) in [6.07, 6.45) is 3.61. The monoisotopic (exact) mass is 562 g/mol. The van der Waals surface area contributed by atoms with Crippen molar-refractivity contribution in [3.8, 4) is 0 Å². The van der Waals surface area contributed by atoms with Gasteiger partial charge >= 0.3 is 5.97 Å². The van der Waals surface area contributed by atoms with Gasteiger partial charge in [0.1, 0.15) is 11.6 Å². The zero-order chi connectivity index (χ0) is 25.9. The molecule has 1 N–H and O–H groups in total. The molecule has 0 aromatic heterocycles. The number of aliphatic hydroxyl groups excluding tert-OH is 1. The fourth-order valence-electron chi connectivity index (χ4n) is 6.09. The summed E-state index contributed by atoms with van der Waals surface area (Å²) in [6.45, 7) is 6.91. The molecule has 2 amide bonds. The highest BCUT2D eigenvalue weighted by Crippen LogP contribution is 2.60. The van der Waals surface area contributed by atoms with Crippen LogP contribution in [0.4, 0.5) is 0 Å². The van der Waals surface area contributed by atoms with Crippen molar-refractivity contribution in [1.29, 1.82) is 0 Å². The number of nitrogens with zero attached hydrogens (tertiary/aromatic N) is 2. The van der Waals surface area contributed by atoms with Crippen molar-refractivity contribution in [1.82, 2.24) is 9.80 Å². The SMILES string of the molecule is C=CCN(Cc1ccccc1)C(=O)[C@@H]1N(CCCCCO)C(=O)[C@H]2[C@H](C(=O)OCC)[C@H]3O[C@@]12CC3Br. The number of carbonyl (C=O) groups excluding carboxylic acids is 3. The van der Waals surface area contributed by atoms with Crippen LogP contribution in [0.5, 0.6) is 0 Å². The number of fused-ring (bicyclic) bond motifs is 1. The standard InChI is InChI=1S/C27H35BrN2O6/c1-3-13-29(17-18-11-7-5-8-12-18)25(33)23-27-16-19(28)22(36-27)20(26(34)35-4-2)21(27)24(32)30(23)14-9-6-10-15-31/h3,5,7-8,11-12,19-23,31H,1,4,6,9-10,13-17H2,2H3/t19?,20-,21+,22-,23-,27+/m0/s1. The third-order valence-electron chi connectivity index (χ3n) is 7.52. The highest BCUT2D eigenvalue weighted by Gasteiger charge is 2.77. The summed E-state index contributed by atoms with van der Waals surface area (Å²) in [4.78, 5) is 44.3. The van der Waals surface area contributed by atoms with Gasteiger partial charge in [-0.15, -0.1) is 6.58 Å². The summed E-state index contributed by atoms with van der Waals surface area (Å²) in [6, 6.07) is 8.84. The molecule has 0 saturated carbocycles. The average Bonchev–Trinajstić information content (AvgIpc) is 3.45. The Bertz CT molecular complexity index is 974. The molecule has 8 nitrogen and oxygen atoms in total. The van der Waals surface area contributed by atoms with Crippen molar-refractivity contribution in [2.24, 2.45) is 11.8 Å². The van der Waals surface area contributed by atoms with Crippen LogP contribution in [-0.2, 0) is 30.4 Å². The maximum Gasteiger partial charge on any atom is 0.312 e. The second kappa shape index (κ2) is 11.4. The molecule has 4 rings (SSSR count). The summed E-state index contributed by atoms with van der Waals surface area (Å²) >= 11 is 3.67. The van der Waals surface area contributed by atoms with Crippen LogP contribution in [0.3, 0.4) is 0 Å². The Hall–Kier alpha value is -2.23. The Balaban J connectivity index is 1.70. The largest absolute Gasteiger partial charge is 0.466 e. The van der Waals surface area contributed by atoms with Gasteiger partial charge in [0.25, 0.3) is 0 Å². The lowest BCUT2D eigenvalue weighted by Gasteiger charge is -2.37. The third kappa shape index (κ3) is 4.73. The zero-order valence-electron chi connectivity index (χ0n) is 20.7. The quantitative estimate of drug-likeness (QED) is 0.182. The van der Waals surface area contributed by atoms with E-state index in [0.717, 1.165) is 12.0 Å². The minimum atomic E-state index is -1.10. The van der Waals surface area contributed by atoms with Crippen LogP contribution in [-0.4, -0.2) is 81.6 Å². The van der Waals surface area contributed by atoms with Gasteiger partial charge in [-0.1, -0.05) is 52.3 Å². The van der Waals surface area contributed by atoms with Crippen LogP contribution in [0, 0.1) is 11.8 Å². The van der Waals surface area contributed by atoms with Crippen LogP contribution in [0.2, 0.25) is 0 Å². The lowest BCUT2D eigenvalue weighted by molar-refractivity contribution is -0.154. The zero-order valence-corrected chi connectivity index (χ0v) is 22.3. The van der Waals surface area contributed by atoms with Crippen molar-refractivity contribution in [2.75, 3.05) is 26.3 Å². The molecule has 1 spiro atoms. The lowest BCUT2D eigenvalue weighted by atomic mass is 9.70. The second-order valence-corrected chi connectivity index (χ2v) is 10.9. The number of rotatable bonds is 12. The number of amides is 2. The first-order chi connectivity index (χ1) is 17.4. The predicted octanol–water partition coefficient (Wildman–Crippen LogP) is 2.67. The van der Waals surface area contributed by atoms with Gasteiger partial charge in [0.05, 0.1) is 24.5 Å². The molecule has 3 saturated heterocycles. The van der Waals surface area contributed by atoms with Gasteiger partial charge in [0.15, 0.2) is 0 Å². The van der Waals surface area contributed by atoms with Gasteiger partial charge in [-0.25, -0.2) is 0 Å². The topological polar surface area (TPSA) is 96.4 Å². The molecule has 3 fully saturated rings.